The highest BCUT2D eigenvalue weighted by Gasteiger charge is 2.11. The number of aromatic nitrogens is 2. The molecule has 7 heteroatoms. The Hall–Kier alpha value is -1.37. The Morgan fingerprint density at radius 1 is 1.67 bits per heavy atom. The monoisotopic (exact) mass is 273 g/mol. The Labute approximate surface area is 95.8 Å². The second-order valence-electron chi connectivity index (χ2n) is 2.91. The van der Waals surface area contributed by atoms with Gasteiger partial charge in [0, 0.05) is 13.2 Å². The average Bonchev–Trinajstić information content (AvgIpc) is 2.21. The average molecular weight is 274 g/mol. The first-order chi connectivity index (χ1) is 7.04. The van der Waals surface area contributed by atoms with Gasteiger partial charge in [0.15, 0.2) is 0 Å². The maximum atomic E-state index is 10.9. The molecule has 15 heavy (non-hydrogen) atoms. The van der Waals surface area contributed by atoms with Gasteiger partial charge in [0.05, 0.1) is 4.47 Å². The molecule has 0 aliphatic rings. The molecule has 0 saturated heterocycles. The van der Waals surface area contributed by atoms with Crippen molar-refractivity contribution in [1.29, 1.82) is 0 Å². The molecule has 1 aromatic rings. The molecule has 6 nitrogen and oxygen atoms in total. The lowest BCUT2D eigenvalue weighted by Crippen LogP contribution is -2.33. The second kappa shape index (κ2) is 4.92. The Balaban J connectivity index is 2.88. The van der Waals surface area contributed by atoms with E-state index in [0.717, 1.165) is 0 Å². The van der Waals surface area contributed by atoms with Gasteiger partial charge in [0.1, 0.15) is 11.9 Å². The fourth-order valence-electron chi connectivity index (χ4n) is 0.865. The number of carbonyl (C=O) groups excluding carboxylic acids is 1. The van der Waals surface area contributed by atoms with Crippen LogP contribution < -0.4 is 16.4 Å². The predicted octanol–water partition coefficient (Wildman–Crippen LogP) is 0.566. The van der Waals surface area contributed by atoms with Crippen molar-refractivity contribution in [2.75, 3.05) is 17.7 Å². The van der Waals surface area contributed by atoms with Gasteiger partial charge in [-0.1, -0.05) is 0 Å². The summed E-state index contributed by atoms with van der Waals surface area (Å²) in [7, 11) is 1.71. The molecule has 0 aliphatic carbocycles. The predicted molar refractivity (Wildman–Crippen MR) is 61.6 cm³/mol. The lowest BCUT2D eigenvalue weighted by molar-refractivity contribution is -0.118. The van der Waals surface area contributed by atoms with Crippen molar-refractivity contribution < 1.29 is 4.79 Å². The van der Waals surface area contributed by atoms with Crippen molar-refractivity contribution in [2.24, 2.45) is 5.73 Å². The first-order valence-corrected chi connectivity index (χ1v) is 5.10. The van der Waals surface area contributed by atoms with Crippen LogP contribution in [0.2, 0.25) is 0 Å². The number of rotatable bonds is 4. The van der Waals surface area contributed by atoms with Crippen LogP contribution in [-0.4, -0.2) is 29.0 Å². The highest BCUT2D eigenvalue weighted by Crippen LogP contribution is 2.20. The summed E-state index contributed by atoms with van der Waals surface area (Å²) in [6.07, 6.45) is 1.59. The fourth-order valence-corrected chi connectivity index (χ4v) is 1.17. The van der Waals surface area contributed by atoms with Gasteiger partial charge in [-0.3, -0.25) is 4.79 Å². The van der Waals surface area contributed by atoms with Crippen molar-refractivity contribution in [1.82, 2.24) is 9.97 Å². The molecule has 1 aromatic heterocycles. The SMILES string of the molecule is CNc1ncc(Br)c(NC(C)C(N)=O)n1. The topological polar surface area (TPSA) is 92.9 Å². The van der Waals surface area contributed by atoms with Gasteiger partial charge >= 0.3 is 0 Å². The maximum absolute atomic E-state index is 10.9. The van der Waals surface area contributed by atoms with Crippen LogP contribution in [0.15, 0.2) is 10.7 Å². The fraction of sp³-hybridized carbons (Fsp3) is 0.375. The Morgan fingerprint density at radius 2 is 2.33 bits per heavy atom. The number of amides is 1. The number of hydrogen-bond donors (Lipinski definition) is 3. The normalized spacial score (nSPS) is 11.9. The summed E-state index contributed by atoms with van der Waals surface area (Å²) in [5.74, 6) is 0.560. The lowest BCUT2D eigenvalue weighted by Gasteiger charge is -2.12. The molecule has 0 fully saturated rings. The van der Waals surface area contributed by atoms with Crippen molar-refractivity contribution in [2.45, 2.75) is 13.0 Å². The number of carbonyl (C=O) groups is 1. The molecular formula is C8H12BrN5O. The Bertz CT molecular complexity index is 370. The molecular weight excluding hydrogens is 262 g/mol. The van der Waals surface area contributed by atoms with Crippen LogP contribution in [0.3, 0.4) is 0 Å². The van der Waals surface area contributed by atoms with Gasteiger partial charge in [-0.2, -0.15) is 4.98 Å². The van der Waals surface area contributed by atoms with E-state index in [0.29, 0.717) is 16.2 Å². The van der Waals surface area contributed by atoms with E-state index in [1.807, 2.05) is 0 Å². The van der Waals surface area contributed by atoms with Gasteiger partial charge in [0.25, 0.3) is 0 Å². The first kappa shape index (κ1) is 11.7. The molecule has 82 valence electrons. The van der Waals surface area contributed by atoms with E-state index in [9.17, 15) is 4.79 Å². The standard InChI is InChI=1S/C8H12BrN5O/c1-4(6(10)15)13-7-5(9)3-12-8(11-2)14-7/h3-4H,1-2H3,(H2,10,15)(H2,11,12,13,14). The molecule has 0 spiro atoms. The van der Waals surface area contributed by atoms with Gasteiger partial charge in [-0.25, -0.2) is 4.98 Å². The summed E-state index contributed by atoms with van der Waals surface area (Å²) in [6.45, 7) is 1.66. The minimum absolute atomic E-state index is 0.438. The maximum Gasteiger partial charge on any atom is 0.239 e. The zero-order chi connectivity index (χ0) is 11.4. The number of primary amides is 1. The van der Waals surface area contributed by atoms with Crippen LogP contribution in [0.5, 0.6) is 0 Å². The zero-order valence-corrected chi connectivity index (χ0v) is 10.00. The largest absolute Gasteiger partial charge is 0.368 e. The molecule has 0 aromatic carbocycles. The van der Waals surface area contributed by atoms with Gasteiger partial charge < -0.3 is 16.4 Å². The van der Waals surface area contributed by atoms with Crippen molar-refractivity contribution in [3.63, 3.8) is 0 Å². The van der Waals surface area contributed by atoms with Gasteiger partial charge in [-0.15, -0.1) is 0 Å². The van der Waals surface area contributed by atoms with Crippen LogP contribution >= 0.6 is 15.9 Å². The zero-order valence-electron chi connectivity index (χ0n) is 8.41. The van der Waals surface area contributed by atoms with Gasteiger partial charge in [-0.05, 0) is 22.9 Å². The molecule has 1 unspecified atom stereocenters. The number of nitrogens with one attached hydrogen (secondary N) is 2. The quantitative estimate of drug-likeness (QED) is 0.746. The molecule has 1 atom stereocenters. The van der Waals surface area contributed by atoms with Crippen LogP contribution in [0.1, 0.15) is 6.92 Å². The minimum Gasteiger partial charge on any atom is -0.368 e. The van der Waals surface area contributed by atoms with E-state index in [1.54, 1.807) is 20.2 Å². The number of hydrogen-bond acceptors (Lipinski definition) is 5. The van der Waals surface area contributed by atoms with Crippen LogP contribution in [0, 0.1) is 0 Å². The lowest BCUT2D eigenvalue weighted by atomic mass is 10.3. The number of halogens is 1. The summed E-state index contributed by atoms with van der Waals surface area (Å²) >= 11 is 3.27. The first-order valence-electron chi connectivity index (χ1n) is 4.30. The summed E-state index contributed by atoms with van der Waals surface area (Å²) in [5, 5.41) is 5.67. The van der Waals surface area contributed by atoms with E-state index >= 15 is 0 Å². The second-order valence-corrected chi connectivity index (χ2v) is 3.76. The van der Waals surface area contributed by atoms with Crippen LogP contribution in [-0.2, 0) is 4.79 Å². The number of nitrogens with two attached hydrogens (primary N) is 1. The van der Waals surface area contributed by atoms with E-state index in [1.165, 1.54) is 0 Å². The molecule has 0 bridgehead atoms. The molecule has 0 saturated carbocycles. The molecule has 1 heterocycles. The molecule has 0 aliphatic heterocycles. The number of nitrogens with zero attached hydrogens (tertiary/aromatic N) is 2. The molecule has 4 N–H and O–H groups in total. The summed E-state index contributed by atoms with van der Waals surface area (Å²) in [5.41, 5.74) is 5.13. The Kier molecular flexibility index (Phi) is 3.84. The number of anilines is 2. The molecule has 1 amide bonds. The van der Waals surface area contributed by atoms with Crippen LogP contribution in [0.25, 0.3) is 0 Å². The van der Waals surface area contributed by atoms with Crippen LogP contribution in [0.4, 0.5) is 11.8 Å². The third kappa shape index (κ3) is 3.05. The molecule has 1 rings (SSSR count). The highest BCUT2D eigenvalue weighted by atomic mass is 79.9. The van der Waals surface area contributed by atoms with E-state index in [-0.39, 0.29) is 0 Å². The third-order valence-corrected chi connectivity index (χ3v) is 2.33. The minimum atomic E-state index is -0.485. The Morgan fingerprint density at radius 3 is 2.87 bits per heavy atom. The summed E-state index contributed by atoms with van der Waals surface area (Å²) in [6, 6.07) is -0.485. The molecule has 0 radical (unpaired) electrons. The van der Waals surface area contributed by atoms with E-state index in [2.05, 4.69) is 36.5 Å². The van der Waals surface area contributed by atoms with Gasteiger partial charge in [0.2, 0.25) is 11.9 Å². The summed E-state index contributed by atoms with van der Waals surface area (Å²) in [4.78, 5) is 19.0. The highest BCUT2D eigenvalue weighted by molar-refractivity contribution is 9.10. The van der Waals surface area contributed by atoms with Crippen molar-refractivity contribution in [3.8, 4) is 0 Å². The summed E-state index contributed by atoms with van der Waals surface area (Å²) < 4.78 is 0.676. The third-order valence-electron chi connectivity index (χ3n) is 1.75. The smallest absolute Gasteiger partial charge is 0.239 e. The van der Waals surface area contributed by atoms with E-state index < -0.39 is 11.9 Å². The van der Waals surface area contributed by atoms with E-state index in [4.69, 9.17) is 5.73 Å². The van der Waals surface area contributed by atoms with Crippen molar-refractivity contribution >= 4 is 33.6 Å². The van der Waals surface area contributed by atoms with Crippen molar-refractivity contribution in [3.05, 3.63) is 10.7 Å².